The number of hydrogen-bond donors (Lipinski definition) is 4. The fourth-order valence-electron chi connectivity index (χ4n) is 7.63. The molecule has 0 aromatic heterocycles. The van der Waals surface area contributed by atoms with Crippen LogP contribution in [0.5, 0.6) is 0 Å². The van der Waals surface area contributed by atoms with Gasteiger partial charge in [-0.2, -0.15) is 0 Å². The zero-order valence-corrected chi connectivity index (χ0v) is 30.0. The maximum Gasteiger partial charge on any atom is 0.326 e. The summed E-state index contributed by atoms with van der Waals surface area (Å²) in [4.78, 5) is 80.2. The van der Waals surface area contributed by atoms with E-state index >= 15 is 0 Å². The van der Waals surface area contributed by atoms with E-state index in [0.29, 0.717) is 49.9 Å². The zero-order valence-electron chi connectivity index (χ0n) is 30.0. The lowest BCUT2D eigenvalue weighted by atomic mass is 9.81. The second-order valence-corrected chi connectivity index (χ2v) is 14.1. The highest BCUT2D eigenvalue weighted by Gasteiger charge is 2.48. The monoisotopic (exact) mass is 724 g/mol. The molecule has 12 nitrogen and oxygen atoms in total. The quantitative estimate of drug-likeness (QED) is 0.158. The molecule has 53 heavy (non-hydrogen) atoms. The van der Waals surface area contributed by atoms with Crippen molar-refractivity contribution in [2.24, 2.45) is 5.41 Å². The fourth-order valence-corrected chi connectivity index (χ4v) is 7.63. The van der Waals surface area contributed by atoms with Crippen LogP contribution in [0.3, 0.4) is 0 Å². The molecule has 4 amide bonds. The van der Waals surface area contributed by atoms with Crippen LogP contribution in [0.4, 0.5) is 5.69 Å². The Labute approximate surface area is 309 Å². The molecule has 12 heteroatoms. The largest absolute Gasteiger partial charge is 0.481 e. The predicted octanol–water partition coefficient (Wildman–Crippen LogP) is 4.50. The summed E-state index contributed by atoms with van der Waals surface area (Å²) in [5.74, 6) is -3.50. The van der Waals surface area contributed by atoms with Gasteiger partial charge in [-0.15, -0.1) is 0 Å². The second kappa shape index (κ2) is 17.8. The summed E-state index contributed by atoms with van der Waals surface area (Å²) in [5.41, 5.74) is 2.28. The molecule has 280 valence electrons. The van der Waals surface area contributed by atoms with Crippen LogP contribution >= 0.6 is 0 Å². The summed E-state index contributed by atoms with van der Waals surface area (Å²) in [7, 11) is 0. The summed E-state index contributed by atoms with van der Waals surface area (Å²) in [6, 6.07) is 23.9. The molecule has 3 atom stereocenters. The zero-order chi connectivity index (χ0) is 38.0. The highest BCUT2D eigenvalue weighted by molar-refractivity contribution is 6.03. The Morgan fingerprint density at radius 3 is 2.04 bits per heavy atom. The van der Waals surface area contributed by atoms with E-state index in [9.17, 15) is 39.0 Å². The summed E-state index contributed by atoms with van der Waals surface area (Å²) < 4.78 is 0. The molecule has 2 aliphatic rings. The number of anilines is 1. The van der Waals surface area contributed by atoms with E-state index in [2.05, 4.69) is 10.6 Å². The lowest BCUT2D eigenvalue weighted by molar-refractivity contribution is -0.144. The highest BCUT2D eigenvalue weighted by atomic mass is 16.4. The first-order valence-electron chi connectivity index (χ1n) is 18.3. The number of aryl methyl sites for hydroxylation is 1. The van der Waals surface area contributed by atoms with Crippen molar-refractivity contribution < 1.29 is 39.0 Å². The van der Waals surface area contributed by atoms with Gasteiger partial charge in [0.1, 0.15) is 18.2 Å². The maximum absolute atomic E-state index is 14.4. The molecular weight excluding hydrogens is 676 g/mol. The number of amides is 4. The molecule has 2 fully saturated rings. The van der Waals surface area contributed by atoms with E-state index in [1.807, 2.05) is 60.7 Å². The van der Waals surface area contributed by atoms with Crippen LogP contribution in [-0.4, -0.2) is 75.5 Å². The third kappa shape index (κ3) is 9.88. The average molecular weight is 725 g/mol. The van der Waals surface area contributed by atoms with Gasteiger partial charge in [0.25, 0.3) is 5.91 Å². The van der Waals surface area contributed by atoms with Crippen molar-refractivity contribution in [3.05, 3.63) is 102 Å². The molecule has 3 unspecified atom stereocenters. The van der Waals surface area contributed by atoms with Gasteiger partial charge in [0.2, 0.25) is 17.7 Å². The van der Waals surface area contributed by atoms with Crippen LogP contribution in [0.2, 0.25) is 0 Å². The topological polar surface area (TPSA) is 173 Å². The average Bonchev–Trinajstić information content (AvgIpc) is 3.73. The number of carbonyl (C=O) groups excluding carboxylic acids is 4. The van der Waals surface area contributed by atoms with Gasteiger partial charge in [0, 0.05) is 38.4 Å². The Bertz CT molecular complexity index is 1760. The van der Waals surface area contributed by atoms with Crippen molar-refractivity contribution in [2.45, 2.75) is 95.8 Å². The minimum atomic E-state index is -1.20. The van der Waals surface area contributed by atoms with E-state index in [1.165, 1.54) is 6.92 Å². The van der Waals surface area contributed by atoms with E-state index in [1.54, 1.807) is 34.1 Å². The number of nitrogens with zero attached hydrogens (tertiary/aromatic N) is 2. The first kappa shape index (κ1) is 38.7. The highest BCUT2D eigenvalue weighted by Crippen LogP contribution is 2.41. The number of hydrogen-bond acceptors (Lipinski definition) is 6. The van der Waals surface area contributed by atoms with E-state index in [0.717, 1.165) is 24.0 Å². The molecule has 1 aliphatic heterocycles. The summed E-state index contributed by atoms with van der Waals surface area (Å²) in [6.45, 7) is 1.75. The molecule has 1 saturated carbocycles. The van der Waals surface area contributed by atoms with Gasteiger partial charge in [0.15, 0.2) is 0 Å². The summed E-state index contributed by atoms with van der Waals surface area (Å²) in [6.07, 6.45) is 3.27. The Balaban J connectivity index is 1.40. The SMILES string of the molecule is CC(=O)NCCC1(C(=O)NC(Cc2ccc(N3C(=O)C(Cc4ccccc4)N(C(=O)CCC(=O)O)C3CCc3ccccc3)cc2)C(=O)O)CCCC1. The second-order valence-electron chi connectivity index (χ2n) is 14.1. The van der Waals surface area contributed by atoms with Gasteiger partial charge in [0.05, 0.1) is 11.8 Å². The first-order chi connectivity index (χ1) is 25.5. The lowest BCUT2D eigenvalue weighted by Gasteiger charge is -2.32. The first-order valence-corrected chi connectivity index (χ1v) is 18.3. The number of carbonyl (C=O) groups is 6. The van der Waals surface area contributed by atoms with Crippen molar-refractivity contribution in [3.8, 4) is 0 Å². The minimum absolute atomic E-state index is 0.00490. The fraction of sp³-hybridized carbons (Fsp3) is 0.415. The van der Waals surface area contributed by atoms with Crippen molar-refractivity contribution >= 4 is 41.3 Å². The molecule has 1 aliphatic carbocycles. The number of carboxylic acid groups (broad SMARTS) is 2. The Hall–Kier alpha value is -5.52. The molecule has 4 N–H and O–H groups in total. The van der Waals surface area contributed by atoms with Crippen LogP contribution in [0, 0.1) is 5.41 Å². The third-order valence-corrected chi connectivity index (χ3v) is 10.4. The van der Waals surface area contributed by atoms with E-state index < -0.39 is 41.5 Å². The normalized spacial score (nSPS) is 18.4. The lowest BCUT2D eigenvalue weighted by Crippen LogP contribution is -2.49. The van der Waals surface area contributed by atoms with Crippen molar-refractivity contribution in [1.82, 2.24) is 15.5 Å². The van der Waals surface area contributed by atoms with Crippen molar-refractivity contribution in [2.75, 3.05) is 11.4 Å². The van der Waals surface area contributed by atoms with E-state index in [4.69, 9.17) is 0 Å². The molecule has 3 aromatic carbocycles. The molecule has 0 spiro atoms. The van der Waals surface area contributed by atoms with Crippen molar-refractivity contribution in [1.29, 1.82) is 0 Å². The molecular formula is C41H48N4O8. The van der Waals surface area contributed by atoms with Gasteiger partial charge in [-0.1, -0.05) is 85.6 Å². The van der Waals surface area contributed by atoms with Crippen LogP contribution in [0.1, 0.15) is 75.0 Å². The molecule has 5 rings (SSSR count). The van der Waals surface area contributed by atoms with Crippen LogP contribution in [-0.2, 0) is 48.0 Å². The van der Waals surface area contributed by atoms with Gasteiger partial charge in [-0.05, 0) is 60.9 Å². The minimum Gasteiger partial charge on any atom is -0.481 e. The molecule has 3 aromatic rings. The van der Waals surface area contributed by atoms with Crippen molar-refractivity contribution in [3.63, 3.8) is 0 Å². The Morgan fingerprint density at radius 2 is 1.45 bits per heavy atom. The van der Waals surface area contributed by atoms with Gasteiger partial charge < -0.3 is 25.7 Å². The third-order valence-electron chi connectivity index (χ3n) is 10.4. The molecule has 0 bridgehead atoms. The Morgan fingerprint density at radius 1 is 0.830 bits per heavy atom. The number of benzene rings is 3. The standard InChI is InChI=1S/C41H48N4O8/c1-28(46)42-25-24-41(22-8-9-23-41)40(53)43-33(39(51)52)26-31-14-17-32(18-15-31)44-35(19-16-29-10-4-2-5-11-29)45(36(47)20-21-37(48)49)34(38(44)50)27-30-12-6-3-7-13-30/h2-7,10-15,17-18,33-35H,8-9,16,19-27H2,1H3,(H,42,46)(H,43,53)(H,48,49)(H,51,52). The molecule has 1 heterocycles. The number of nitrogens with one attached hydrogen (secondary N) is 2. The van der Waals surface area contributed by atoms with Gasteiger partial charge in [-0.25, -0.2) is 4.79 Å². The number of carboxylic acids is 2. The molecule has 0 radical (unpaired) electrons. The molecule has 1 saturated heterocycles. The van der Waals surface area contributed by atoms with Crippen LogP contribution in [0.25, 0.3) is 0 Å². The Kier molecular flexibility index (Phi) is 13.0. The van der Waals surface area contributed by atoms with E-state index in [-0.39, 0.29) is 43.4 Å². The maximum atomic E-state index is 14.4. The smallest absolute Gasteiger partial charge is 0.326 e. The van der Waals surface area contributed by atoms with Gasteiger partial charge in [-0.3, -0.25) is 28.9 Å². The summed E-state index contributed by atoms with van der Waals surface area (Å²) >= 11 is 0. The van der Waals surface area contributed by atoms with Crippen LogP contribution < -0.4 is 15.5 Å². The number of aliphatic carboxylic acids is 2. The van der Waals surface area contributed by atoms with Crippen LogP contribution in [0.15, 0.2) is 84.9 Å². The number of rotatable bonds is 17. The van der Waals surface area contributed by atoms with Gasteiger partial charge >= 0.3 is 11.9 Å². The predicted molar refractivity (Wildman–Crippen MR) is 198 cm³/mol. The summed E-state index contributed by atoms with van der Waals surface area (Å²) in [5, 5.41) is 25.0.